The second kappa shape index (κ2) is 11.8. The van der Waals surface area contributed by atoms with Gasteiger partial charge >= 0.3 is 12.2 Å². The fourth-order valence-electron chi connectivity index (χ4n) is 4.84. The molecule has 10 nitrogen and oxygen atoms in total. The molecule has 3 heterocycles. The van der Waals surface area contributed by atoms with Crippen molar-refractivity contribution in [2.45, 2.75) is 78.9 Å². The second-order valence-corrected chi connectivity index (χ2v) is 13.0. The highest BCUT2D eigenvalue weighted by atomic mass is 19.1. The van der Waals surface area contributed by atoms with E-state index in [1.54, 1.807) is 59.0 Å². The van der Waals surface area contributed by atoms with Gasteiger partial charge in [0.25, 0.3) is 5.91 Å². The van der Waals surface area contributed by atoms with Crippen LogP contribution >= 0.6 is 0 Å². The van der Waals surface area contributed by atoms with Crippen LogP contribution < -0.4 is 0 Å². The van der Waals surface area contributed by atoms with Crippen molar-refractivity contribution in [1.29, 1.82) is 0 Å². The van der Waals surface area contributed by atoms with Crippen LogP contribution in [-0.4, -0.2) is 74.2 Å². The Kier molecular flexibility index (Phi) is 8.67. The molecular formula is C32H40FN5O5. The van der Waals surface area contributed by atoms with E-state index in [-0.39, 0.29) is 18.2 Å². The smallest absolute Gasteiger partial charge is 0.417 e. The number of rotatable bonds is 5. The molecule has 43 heavy (non-hydrogen) atoms. The van der Waals surface area contributed by atoms with E-state index in [2.05, 4.69) is 15.0 Å². The number of aromatic nitrogens is 3. The molecule has 1 aliphatic heterocycles. The van der Waals surface area contributed by atoms with Crippen molar-refractivity contribution in [1.82, 2.24) is 24.8 Å². The number of H-pyrrole nitrogens is 1. The first-order chi connectivity index (χ1) is 19.9. The molecule has 2 aromatic heterocycles. The summed E-state index contributed by atoms with van der Waals surface area (Å²) in [4.78, 5) is 53.6. The molecule has 0 aliphatic carbocycles. The number of benzene rings is 1. The zero-order chi connectivity index (χ0) is 31.9. The van der Waals surface area contributed by atoms with E-state index < -0.39 is 35.2 Å². The summed E-state index contributed by atoms with van der Waals surface area (Å²) in [6.45, 7) is 14.6. The van der Waals surface area contributed by atoms with Crippen LogP contribution in [0.4, 0.5) is 14.0 Å². The number of aromatic amines is 1. The van der Waals surface area contributed by atoms with Gasteiger partial charge in [0, 0.05) is 43.0 Å². The minimum atomic E-state index is -0.789. The number of carbonyl (C=O) groups is 3. The van der Waals surface area contributed by atoms with Crippen LogP contribution in [0.15, 0.2) is 35.9 Å². The first-order valence-corrected chi connectivity index (χ1v) is 14.2. The van der Waals surface area contributed by atoms with Crippen molar-refractivity contribution in [3.05, 3.63) is 58.8 Å². The highest BCUT2D eigenvalue weighted by Gasteiger charge is 2.39. The van der Waals surface area contributed by atoms with Gasteiger partial charge in [0.15, 0.2) is 0 Å². The van der Waals surface area contributed by atoms with Crippen LogP contribution in [0.3, 0.4) is 0 Å². The van der Waals surface area contributed by atoms with Crippen molar-refractivity contribution in [3.8, 4) is 11.3 Å². The molecule has 1 aliphatic rings. The molecule has 1 aromatic carbocycles. The number of imide groups is 1. The summed E-state index contributed by atoms with van der Waals surface area (Å²) in [6.07, 6.45) is 1.26. The number of likely N-dealkylation sites (N-methyl/N-ethyl adjacent to an activating group) is 1. The molecule has 0 fully saturated rings. The van der Waals surface area contributed by atoms with E-state index in [0.29, 0.717) is 46.5 Å². The largest absolute Gasteiger partial charge is 0.444 e. The number of hydrogen-bond donors (Lipinski definition) is 1. The lowest BCUT2D eigenvalue weighted by Crippen LogP contribution is -2.46. The van der Waals surface area contributed by atoms with E-state index in [0.717, 1.165) is 10.5 Å². The molecule has 3 amide bonds. The molecule has 0 spiro atoms. The third-order valence-electron chi connectivity index (χ3n) is 6.84. The van der Waals surface area contributed by atoms with Gasteiger partial charge in [-0.3, -0.25) is 4.79 Å². The third-order valence-corrected chi connectivity index (χ3v) is 6.84. The molecule has 230 valence electrons. The maximum Gasteiger partial charge on any atom is 0.417 e. The van der Waals surface area contributed by atoms with E-state index in [4.69, 9.17) is 9.47 Å². The number of para-hydroxylation sites is 1. The predicted octanol–water partition coefficient (Wildman–Crippen LogP) is 6.75. The molecule has 0 saturated heterocycles. The minimum absolute atomic E-state index is 0.0942. The Morgan fingerprint density at radius 1 is 1.12 bits per heavy atom. The fourth-order valence-corrected chi connectivity index (χ4v) is 4.84. The molecule has 0 radical (unpaired) electrons. The van der Waals surface area contributed by atoms with Crippen LogP contribution in [-0.2, 0) is 9.47 Å². The number of allylic oxidation sites excluding steroid dienone is 1. The summed E-state index contributed by atoms with van der Waals surface area (Å²) in [5.41, 5.74) is 2.76. The van der Waals surface area contributed by atoms with Crippen molar-refractivity contribution in [3.63, 3.8) is 0 Å². The Bertz CT molecular complexity index is 1600. The molecule has 4 rings (SSSR count). The Labute approximate surface area is 251 Å². The molecule has 0 bridgehead atoms. The van der Waals surface area contributed by atoms with Gasteiger partial charge in [0.2, 0.25) is 5.95 Å². The highest BCUT2D eigenvalue weighted by molar-refractivity contribution is 6.06. The monoisotopic (exact) mass is 593 g/mol. The van der Waals surface area contributed by atoms with Crippen LogP contribution in [0.1, 0.15) is 82.6 Å². The topological polar surface area (TPSA) is 118 Å². The van der Waals surface area contributed by atoms with E-state index >= 15 is 0 Å². The Morgan fingerprint density at radius 2 is 1.79 bits per heavy atom. The highest BCUT2D eigenvalue weighted by Crippen LogP contribution is 2.37. The van der Waals surface area contributed by atoms with Crippen molar-refractivity contribution >= 4 is 29.1 Å². The van der Waals surface area contributed by atoms with Crippen molar-refractivity contribution in [2.24, 2.45) is 0 Å². The van der Waals surface area contributed by atoms with Gasteiger partial charge in [0.05, 0.1) is 16.8 Å². The molecule has 1 unspecified atom stereocenters. The predicted molar refractivity (Wildman–Crippen MR) is 161 cm³/mol. The lowest BCUT2D eigenvalue weighted by molar-refractivity contribution is 0.0215. The van der Waals surface area contributed by atoms with Crippen LogP contribution in [0.2, 0.25) is 0 Å². The van der Waals surface area contributed by atoms with E-state index in [9.17, 15) is 18.8 Å². The molecular weight excluding hydrogens is 553 g/mol. The maximum absolute atomic E-state index is 14.4. The number of halogens is 1. The number of ether oxygens (including phenoxy) is 2. The molecule has 3 aromatic rings. The van der Waals surface area contributed by atoms with Crippen molar-refractivity contribution in [2.75, 3.05) is 20.1 Å². The lowest BCUT2D eigenvalue weighted by atomic mass is 9.90. The van der Waals surface area contributed by atoms with Gasteiger partial charge in [-0.1, -0.05) is 23.8 Å². The van der Waals surface area contributed by atoms with Gasteiger partial charge in [-0.05, 0) is 73.9 Å². The van der Waals surface area contributed by atoms with E-state index in [1.807, 2.05) is 33.8 Å². The summed E-state index contributed by atoms with van der Waals surface area (Å²) in [5.74, 6) is -1.45. The summed E-state index contributed by atoms with van der Waals surface area (Å²) in [7, 11) is 1.66. The molecule has 0 saturated carbocycles. The maximum atomic E-state index is 14.4. The minimum Gasteiger partial charge on any atom is -0.444 e. The fraction of sp³-hybridized carbons (Fsp3) is 0.469. The summed E-state index contributed by atoms with van der Waals surface area (Å²) >= 11 is 0. The van der Waals surface area contributed by atoms with Gasteiger partial charge < -0.3 is 19.4 Å². The summed E-state index contributed by atoms with van der Waals surface area (Å²) < 4.78 is 25.4. The second-order valence-electron chi connectivity index (χ2n) is 13.0. The normalized spacial score (nSPS) is 15.9. The number of nitrogens with one attached hydrogen (secondary N) is 1. The Morgan fingerprint density at radius 3 is 2.44 bits per heavy atom. The van der Waals surface area contributed by atoms with Gasteiger partial charge in [-0.15, -0.1) is 0 Å². The first kappa shape index (κ1) is 31.7. The SMILES string of the molecule is C/C(=C\CN(C)C(=O)OC(C)(C)C)CC1CN(C(=O)OC(C)(C)C)C(=O)c2cc(-c3cccc4nc(C)c(F)nc34)[nH]c21. The average Bonchev–Trinajstić information content (AvgIpc) is 3.33. The zero-order valence-corrected chi connectivity index (χ0v) is 26.3. The third kappa shape index (κ3) is 7.39. The van der Waals surface area contributed by atoms with Crippen LogP contribution in [0.5, 0.6) is 0 Å². The zero-order valence-electron chi connectivity index (χ0n) is 26.3. The number of carbonyl (C=O) groups excluding carboxylic acids is 3. The Balaban J connectivity index is 1.69. The summed E-state index contributed by atoms with van der Waals surface area (Å²) in [5, 5.41) is 0. The van der Waals surface area contributed by atoms with Gasteiger partial charge in [-0.2, -0.15) is 4.39 Å². The summed E-state index contributed by atoms with van der Waals surface area (Å²) in [6, 6.07) is 7.00. The van der Waals surface area contributed by atoms with E-state index in [1.165, 1.54) is 4.90 Å². The number of fused-ring (bicyclic) bond motifs is 2. The number of aryl methyl sites for hydroxylation is 1. The number of hydrogen-bond acceptors (Lipinski definition) is 7. The lowest BCUT2D eigenvalue weighted by Gasteiger charge is -2.33. The quantitative estimate of drug-likeness (QED) is 0.325. The Hall–Kier alpha value is -4.28. The number of nitrogens with zero attached hydrogens (tertiary/aromatic N) is 4. The molecule has 11 heteroatoms. The number of amides is 3. The van der Waals surface area contributed by atoms with Crippen LogP contribution in [0.25, 0.3) is 22.3 Å². The molecule has 1 atom stereocenters. The molecule has 1 N–H and O–H groups in total. The first-order valence-electron chi connectivity index (χ1n) is 14.2. The standard InChI is InChI=1S/C32H40FN5O5/c1-18(13-14-37(9)29(40)42-31(3,4)5)15-20-17-38(30(41)43-32(6,7)8)28(39)22-16-24(35-25(20)22)21-11-10-12-23-26(21)36-27(33)19(2)34-23/h10-13,16,20,35H,14-15,17H2,1-9H3/b18-13+. The van der Waals surface area contributed by atoms with Crippen molar-refractivity contribution < 1.29 is 28.2 Å². The van der Waals surface area contributed by atoms with Gasteiger partial charge in [-0.25, -0.2) is 24.5 Å². The average molecular weight is 594 g/mol. The van der Waals surface area contributed by atoms with Gasteiger partial charge in [0.1, 0.15) is 16.7 Å². The van der Waals surface area contributed by atoms with Crippen LogP contribution in [0, 0.1) is 12.9 Å².